The van der Waals surface area contributed by atoms with Crippen molar-refractivity contribution in [1.82, 2.24) is 0 Å². The van der Waals surface area contributed by atoms with Crippen molar-refractivity contribution in [3.63, 3.8) is 0 Å². The van der Waals surface area contributed by atoms with Gasteiger partial charge in [-0.3, -0.25) is 4.31 Å². The molecule has 6 heteroatoms. The van der Waals surface area contributed by atoms with Crippen molar-refractivity contribution in [2.75, 3.05) is 11.4 Å². The van der Waals surface area contributed by atoms with Crippen LogP contribution in [0.25, 0.3) is 0 Å². The largest absolute Gasteiger partial charge is 0.478 e. The summed E-state index contributed by atoms with van der Waals surface area (Å²) in [7, 11) is -2.25. The quantitative estimate of drug-likeness (QED) is 0.911. The second kappa shape index (κ2) is 4.61. The molecule has 1 rings (SSSR count). The van der Waals surface area contributed by atoms with Gasteiger partial charge in [0.15, 0.2) is 0 Å². The number of hydrogen-bond acceptors (Lipinski definition) is 3. The van der Waals surface area contributed by atoms with Gasteiger partial charge in [0.05, 0.1) is 16.0 Å². The average molecular weight is 271 g/mol. The van der Waals surface area contributed by atoms with Crippen molar-refractivity contribution in [2.24, 2.45) is 0 Å². The monoisotopic (exact) mass is 271 g/mol. The molecule has 1 N–H and O–H groups in total. The molecule has 0 atom stereocenters. The lowest BCUT2D eigenvalue weighted by molar-refractivity contribution is 0.0698. The summed E-state index contributed by atoms with van der Waals surface area (Å²) in [6.07, 6.45) is 0. The Morgan fingerprint density at radius 3 is 2.17 bits per heavy atom. The number of nitrogens with zero attached hydrogens (tertiary/aromatic N) is 1. The highest BCUT2D eigenvalue weighted by atomic mass is 32.2. The van der Waals surface area contributed by atoms with E-state index in [2.05, 4.69) is 0 Å². The molecule has 100 valence electrons. The Morgan fingerprint density at radius 2 is 1.72 bits per heavy atom. The minimum atomic E-state index is -3.62. The van der Waals surface area contributed by atoms with Crippen LogP contribution >= 0.6 is 0 Å². The fourth-order valence-electron chi connectivity index (χ4n) is 1.47. The van der Waals surface area contributed by atoms with E-state index in [0.717, 1.165) is 4.31 Å². The van der Waals surface area contributed by atoms with E-state index in [1.165, 1.54) is 19.2 Å². The normalized spacial score (nSPS) is 12.2. The fraction of sp³-hybridized carbons (Fsp3) is 0.417. The highest BCUT2D eigenvalue weighted by Crippen LogP contribution is 2.27. The van der Waals surface area contributed by atoms with E-state index < -0.39 is 20.7 Å². The Hall–Kier alpha value is -1.56. The van der Waals surface area contributed by atoms with Crippen molar-refractivity contribution >= 4 is 21.7 Å². The van der Waals surface area contributed by atoms with E-state index in [1.54, 1.807) is 32.9 Å². The zero-order chi connectivity index (χ0) is 14.1. The molecule has 0 spiro atoms. The summed E-state index contributed by atoms with van der Waals surface area (Å²) < 4.78 is 24.6. The summed E-state index contributed by atoms with van der Waals surface area (Å²) in [6.45, 7) is 4.71. The molecular weight excluding hydrogens is 254 g/mol. The number of rotatable bonds is 3. The summed E-state index contributed by atoms with van der Waals surface area (Å²) in [5.74, 6) is -1.15. The summed E-state index contributed by atoms with van der Waals surface area (Å²) in [5.41, 5.74) is 0.132. The van der Waals surface area contributed by atoms with Crippen LogP contribution in [0.5, 0.6) is 0 Å². The third-order valence-corrected chi connectivity index (χ3v) is 5.07. The van der Waals surface area contributed by atoms with Crippen LogP contribution in [0.15, 0.2) is 24.3 Å². The predicted molar refractivity (Wildman–Crippen MR) is 70.5 cm³/mol. The van der Waals surface area contributed by atoms with Crippen molar-refractivity contribution in [3.8, 4) is 0 Å². The van der Waals surface area contributed by atoms with Gasteiger partial charge in [-0.15, -0.1) is 0 Å². The topological polar surface area (TPSA) is 74.7 Å². The zero-order valence-electron chi connectivity index (χ0n) is 10.8. The predicted octanol–water partition coefficient (Wildman–Crippen LogP) is 1.95. The Bertz CT molecular complexity index is 558. The van der Waals surface area contributed by atoms with Crippen LogP contribution in [-0.2, 0) is 10.0 Å². The number of carboxylic acids is 1. The molecule has 0 aliphatic carbocycles. The van der Waals surface area contributed by atoms with Gasteiger partial charge in [-0.25, -0.2) is 13.2 Å². The number of carbonyl (C=O) groups is 1. The Labute approximate surface area is 107 Å². The highest BCUT2D eigenvalue weighted by molar-refractivity contribution is 7.94. The number of carboxylic acid groups (broad SMARTS) is 1. The molecule has 0 aliphatic heterocycles. The van der Waals surface area contributed by atoms with Crippen molar-refractivity contribution < 1.29 is 18.3 Å². The lowest BCUT2D eigenvalue weighted by Crippen LogP contribution is -2.41. The maximum Gasteiger partial charge on any atom is 0.337 e. The van der Waals surface area contributed by atoms with Gasteiger partial charge in [0.2, 0.25) is 10.0 Å². The summed E-state index contributed by atoms with van der Waals surface area (Å²) in [6, 6.07) is 6.03. The molecule has 0 saturated heterocycles. The zero-order valence-corrected chi connectivity index (χ0v) is 11.7. The summed E-state index contributed by atoms with van der Waals surface area (Å²) in [5, 5.41) is 9.06. The van der Waals surface area contributed by atoms with Crippen LogP contribution in [0.4, 0.5) is 5.69 Å². The second-order valence-electron chi connectivity index (χ2n) is 4.91. The first kappa shape index (κ1) is 14.5. The second-order valence-corrected chi connectivity index (χ2v) is 7.63. The van der Waals surface area contributed by atoms with Crippen LogP contribution in [-0.4, -0.2) is 31.3 Å². The third kappa shape index (κ3) is 2.48. The van der Waals surface area contributed by atoms with Crippen LogP contribution < -0.4 is 4.31 Å². The SMILES string of the molecule is CN(c1ccccc1C(=O)O)S(=O)(=O)C(C)(C)C. The van der Waals surface area contributed by atoms with E-state index in [4.69, 9.17) is 5.11 Å². The average Bonchev–Trinajstić information content (AvgIpc) is 2.26. The number of benzene rings is 1. The van der Waals surface area contributed by atoms with Gasteiger partial charge < -0.3 is 5.11 Å². The molecule has 1 aromatic rings. The van der Waals surface area contributed by atoms with E-state index in [9.17, 15) is 13.2 Å². The number of para-hydroxylation sites is 1. The number of hydrogen-bond donors (Lipinski definition) is 1. The molecule has 1 aromatic carbocycles. The first-order chi connectivity index (χ1) is 8.09. The molecule has 0 fully saturated rings. The summed E-state index contributed by atoms with van der Waals surface area (Å²) >= 11 is 0. The van der Waals surface area contributed by atoms with Crippen molar-refractivity contribution in [3.05, 3.63) is 29.8 Å². The Morgan fingerprint density at radius 1 is 1.22 bits per heavy atom. The molecule has 0 bridgehead atoms. The van der Waals surface area contributed by atoms with E-state index in [1.807, 2.05) is 0 Å². The van der Waals surface area contributed by atoms with Gasteiger partial charge in [0, 0.05) is 7.05 Å². The van der Waals surface area contributed by atoms with E-state index >= 15 is 0 Å². The molecule has 0 aromatic heterocycles. The smallest absolute Gasteiger partial charge is 0.337 e. The van der Waals surface area contributed by atoms with Crippen molar-refractivity contribution in [1.29, 1.82) is 0 Å². The molecule has 0 saturated carbocycles. The lowest BCUT2D eigenvalue weighted by atomic mass is 10.2. The van der Waals surface area contributed by atoms with Gasteiger partial charge in [0.1, 0.15) is 0 Å². The van der Waals surface area contributed by atoms with Crippen LogP contribution in [0, 0.1) is 0 Å². The minimum absolute atomic E-state index is 0.0344. The first-order valence-electron chi connectivity index (χ1n) is 5.40. The number of aromatic carboxylic acids is 1. The Balaban J connectivity index is 3.37. The molecule has 0 amide bonds. The van der Waals surface area contributed by atoms with Crippen LogP contribution in [0.1, 0.15) is 31.1 Å². The van der Waals surface area contributed by atoms with E-state index in [-0.39, 0.29) is 11.3 Å². The van der Waals surface area contributed by atoms with Crippen LogP contribution in [0.3, 0.4) is 0 Å². The van der Waals surface area contributed by atoms with Gasteiger partial charge >= 0.3 is 5.97 Å². The standard InChI is InChI=1S/C12H17NO4S/c1-12(2,3)18(16,17)13(4)10-8-6-5-7-9(10)11(14)15/h5-8H,1-4H3,(H,14,15). The molecule has 5 nitrogen and oxygen atoms in total. The molecule has 0 radical (unpaired) electrons. The van der Waals surface area contributed by atoms with Gasteiger partial charge in [-0.1, -0.05) is 12.1 Å². The van der Waals surface area contributed by atoms with Gasteiger partial charge in [-0.2, -0.15) is 0 Å². The van der Waals surface area contributed by atoms with Gasteiger partial charge in [-0.05, 0) is 32.9 Å². The molecule has 0 unspecified atom stereocenters. The third-order valence-electron chi connectivity index (χ3n) is 2.61. The molecule has 0 aliphatic rings. The Kier molecular flexibility index (Phi) is 3.71. The molecule has 0 heterocycles. The minimum Gasteiger partial charge on any atom is -0.478 e. The van der Waals surface area contributed by atoms with Gasteiger partial charge in [0.25, 0.3) is 0 Å². The maximum atomic E-state index is 12.3. The van der Waals surface area contributed by atoms with E-state index in [0.29, 0.717) is 0 Å². The fourth-order valence-corrected chi connectivity index (χ4v) is 2.71. The molecule has 18 heavy (non-hydrogen) atoms. The van der Waals surface area contributed by atoms with Crippen LogP contribution in [0.2, 0.25) is 0 Å². The summed E-state index contributed by atoms with van der Waals surface area (Å²) in [4.78, 5) is 11.1. The molecular formula is C12H17NO4S. The lowest BCUT2D eigenvalue weighted by Gasteiger charge is -2.29. The number of anilines is 1. The maximum absolute atomic E-state index is 12.3. The van der Waals surface area contributed by atoms with Crippen molar-refractivity contribution in [2.45, 2.75) is 25.5 Å². The first-order valence-corrected chi connectivity index (χ1v) is 6.84. The highest BCUT2D eigenvalue weighted by Gasteiger charge is 2.34. The number of sulfonamides is 1.